The van der Waals surface area contributed by atoms with E-state index in [4.69, 9.17) is 5.84 Å². The van der Waals surface area contributed by atoms with E-state index in [2.05, 4.69) is 15.5 Å². The predicted octanol–water partition coefficient (Wildman–Crippen LogP) is 0.919. The van der Waals surface area contributed by atoms with E-state index in [1.807, 2.05) is 0 Å². The molecule has 1 atom stereocenters. The number of nitrogen functional groups attached to an aromatic ring is 1. The van der Waals surface area contributed by atoms with E-state index in [9.17, 15) is 14.0 Å². The molecule has 116 valence electrons. The summed E-state index contributed by atoms with van der Waals surface area (Å²) in [4.78, 5) is 23.7. The molecule has 0 unspecified atom stereocenters. The van der Waals surface area contributed by atoms with Gasteiger partial charge in [-0.25, -0.2) is 4.39 Å². The summed E-state index contributed by atoms with van der Waals surface area (Å²) < 4.78 is 14.3. The summed E-state index contributed by atoms with van der Waals surface area (Å²) >= 11 is 0.956. The van der Waals surface area contributed by atoms with Crippen LogP contribution in [0.2, 0.25) is 0 Å². The Bertz CT molecular complexity index is 764. The Labute approximate surface area is 129 Å². The number of nitrogens with one attached hydrogen (secondary N) is 1. The van der Waals surface area contributed by atoms with Crippen molar-refractivity contribution in [2.75, 3.05) is 11.2 Å². The molecule has 2 rings (SSSR count). The Morgan fingerprint density at radius 3 is 2.77 bits per heavy atom. The third-order valence-electron chi connectivity index (χ3n) is 2.80. The number of rotatable bonds is 4. The minimum Gasteiger partial charge on any atom is -0.334 e. The summed E-state index contributed by atoms with van der Waals surface area (Å²) in [6.07, 6.45) is 0. The van der Waals surface area contributed by atoms with Gasteiger partial charge in [-0.05, 0) is 26.0 Å². The van der Waals surface area contributed by atoms with Crippen LogP contribution < -0.4 is 16.7 Å². The smallest absolute Gasteiger partial charge is 0.294 e. The first-order valence-corrected chi connectivity index (χ1v) is 7.21. The van der Waals surface area contributed by atoms with E-state index >= 15 is 0 Å². The molecule has 0 aliphatic heterocycles. The normalized spacial score (nSPS) is 12.0. The van der Waals surface area contributed by atoms with Gasteiger partial charge in [-0.15, -0.1) is 10.2 Å². The van der Waals surface area contributed by atoms with Gasteiger partial charge in [0.15, 0.2) is 0 Å². The molecule has 0 saturated heterocycles. The van der Waals surface area contributed by atoms with Crippen LogP contribution in [0.3, 0.4) is 0 Å². The van der Waals surface area contributed by atoms with Gasteiger partial charge in [0.2, 0.25) is 11.1 Å². The Balaban J connectivity index is 2.11. The van der Waals surface area contributed by atoms with Crippen LogP contribution in [0.1, 0.15) is 12.6 Å². The SMILES string of the molecule is Cc1nnc(S[C@@H](C)C(=O)Nc2ccccc2F)n(N)c1=O. The number of aryl methyl sites for hydroxylation is 1. The van der Waals surface area contributed by atoms with Crippen LogP contribution in [0.25, 0.3) is 0 Å². The molecule has 1 aromatic carbocycles. The average molecular weight is 323 g/mol. The van der Waals surface area contributed by atoms with Gasteiger partial charge in [-0.3, -0.25) is 9.59 Å². The number of nitrogens with zero attached hydrogens (tertiary/aromatic N) is 3. The van der Waals surface area contributed by atoms with Crippen molar-refractivity contribution in [2.45, 2.75) is 24.3 Å². The average Bonchev–Trinajstić information content (AvgIpc) is 2.50. The van der Waals surface area contributed by atoms with E-state index in [1.165, 1.54) is 25.1 Å². The summed E-state index contributed by atoms with van der Waals surface area (Å²) in [6.45, 7) is 3.08. The summed E-state index contributed by atoms with van der Waals surface area (Å²) in [5.74, 6) is 4.63. The van der Waals surface area contributed by atoms with E-state index in [-0.39, 0.29) is 16.5 Å². The number of carbonyl (C=O) groups excluding carboxylic acids is 1. The van der Waals surface area contributed by atoms with Crippen LogP contribution in [0.4, 0.5) is 10.1 Å². The maximum Gasteiger partial charge on any atom is 0.294 e. The van der Waals surface area contributed by atoms with Crippen LogP contribution in [-0.2, 0) is 4.79 Å². The quantitative estimate of drug-likeness (QED) is 0.640. The molecular formula is C13H14FN5O2S. The molecule has 0 radical (unpaired) electrons. The van der Waals surface area contributed by atoms with Crippen LogP contribution in [0, 0.1) is 12.7 Å². The number of hydrogen-bond donors (Lipinski definition) is 2. The highest BCUT2D eigenvalue weighted by Gasteiger charge is 2.19. The molecule has 0 aliphatic carbocycles. The standard InChI is InChI=1S/C13H14FN5O2S/c1-7-12(21)19(15)13(18-17-7)22-8(2)11(20)16-10-6-4-3-5-9(10)14/h3-6,8H,15H2,1-2H3,(H,16,20)/t8-/m0/s1. The third-order valence-corrected chi connectivity index (χ3v) is 3.86. The molecule has 3 N–H and O–H groups in total. The van der Waals surface area contributed by atoms with E-state index < -0.39 is 22.5 Å². The fourth-order valence-electron chi connectivity index (χ4n) is 1.56. The van der Waals surface area contributed by atoms with Crippen molar-refractivity contribution in [1.82, 2.24) is 14.9 Å². The van der Waals surface area contributed by atoms with Crippen molar-refractivity contribution in [2.24, 2.45) is 0 Å². The van der Waals surface area contributed by atoms with Gasteiger partial charge in [0.1, 0.15) is 11.5 Å². The number of benzene rings is 1. The lowest BCUT2D eigenvalue weighted by molar-refractivity contribution is -0.115. The van der Waals surface area contributed by atoms with Gasteiger partial charge in [0.25, 0.3) is 5.56 Å². The molecule has 0 bridgehead atoms. The van der Waals surface area contributed by atoms with Gasteiger partial charge in [0.05, 0.1) is 10.9 Å². The molecule has 22 heavy (non-hydrogen) atoms. The molecule has 0 spiro atoms. The summed E-state index contributed by atoms with van der Waals surface area (Å²) in [7, 11) is 0. The van der Waals surface area contributed by atoms with E-state index in [0.717, 1.165) is 16.4 Å². The second kappa shape index (κ2) is 6.56. The predicted molar refractivity (Wildman–Crippen MR) is 81.5 cm³/mol. The zero-order valence-corrected chi connectivity index (χ0v) is 12.7. The fraction of sp³-hybridized carbons (Fsp3) is 0.231. The van der Waals surface area contributed by atoms with E-state index in [1.54, 1.807) is 13.0 Å². The van der Waals surface area contributed by atoms with Gasteiger partial charge >= 0.3 is 0 Å². The number of thioether (sulfide) groups is 1. The molecule has 0 saturated carbocycles. The molecule has 1 heterocycles. The minimum absolute atomic E-state index is 0.0834. The lowest BCUT2D eigenvalue weighted by atomic mass is 10.3. The Morgan fingerprint density at radius 1 is 1.41 bits per heavy atom. The van der Waals surface area contributed by atoms with Gasteiger partial charge in [-0.1, -0.05) is 23.9 Å². The lowest BCUT2D eigenvalue weighted by Gasteiger charge is -2.13. The van der Waals surface area contributed by atoms with Crippen molar-refractivity contribution < 1.29 is 9.18 Å². The maximum absolute atomic E-state index is 13.5. The van der Waals surface area contributed by atoms with Crippen molar-refractivity contribution in [3.8, 4) is 0 Å². The number of nitrogens with two attached hydrogens (primary N) is 1. The number of aromatic nitrogens is 3. The van der Waals surface area contributed by atoms with Crippen molar-refractivity contribution in [1.29, 1.82) is 0 Å². The second-order valence-electron chi connectivity index (χ2n) is 4.47. The molecule has 7 nitrogen and oxygen atoms in total. The molecule has 0 fully saturated rings. The van der Waals surface area contributed by atoms with Gasteiger partial charge in [0, 0.05) is 0 Å². The van der Waals surface area contributed by atoms with Gasteiger partial charge < -0.3 is 11.2 Å². The number of hydrogen-bond acceptors (Lipinski definition) is 6. The minimum atomic E-state index is -0.647. The molecule has 1 amide bonds. The first-order valence-electron chi connectivity index (χ1n) is 6.33. The van der Waals surface area contributed by atoms with Crippen molar-refractivity contribution in [3.63, 3.8) is 0 Å². The molecule has 2 aromatic rings. The third kappa shape index (κ3) is 3.42. The molecular weight excluding hydrogens is 309 g/mol. The topological polar surface area (TPSA) is 103 Å². The number of amides is 1. The summed E-state index contributed by atoms with van der Waals surface area (Å²) in [5.41, 5.74) is -0.241. The Hall–Kier alpha value is -2.42. The zero-order chi connectivity index (χ0) is 16.3. The van der Waals surface area contributed by atoms with Crippen LogP contribution in [0.5, 0.6) is 0 Å². The summed E-state index contributed by atoms with van der Waals surface area (Å²) in [5, 5.41) is 9.38. The molecule has 0 aliphatic rings. The second-order valence-corrected chi connectivity index (χ2v) is 5.78. The lowest BCUT2D eigenvalue weighted by Crippen LogP contribution is -2.33. The highest BCUT2D eigenvalue weighted by Crippen LogP contribution is 2.21. The Morgan fingerprint density at radius 2 is 2.09 bits per heavy atom. The first kappa shape index (κ1) is 16.0. The van der Waals surface area contributed by atoms with Gasteiger partial charge in [-0.2, -0.15) is 4.68 Å². The molecule has 1 aromatic heterocycles. The van der Waals surface area contributed by atoms with Crippen LogP contribution in [0.15, 0.2) is 34.2 Å². The monoisotopic (exact) mass is 323 g/mol. The summed E-state index contributed by atoms with van der Waals surface area (Å²) in [6, 6.07) is 5.84. The number of anilines is 1. The van der Waals surface area contributed by atoms with E-state index in [0.29, 0.717) is 0 Å². The highest BCUT2D eigenvalue weighted by atomic mass is 32.2. The van der Waals surface area contributed by atoms with Crippen LogP contribution >= 0.6 is 11.8 Å². The highest BCUT2D eigenvalue weighted by molar-refractivity contribution is 8.00. The fourth-order valence-corrected chi connectivity index (χ4v) is 2.33. The van der Waals surface area contributed by atoms with Crippen molar-refractivity contribution >= 4 is 23.4 Å². The first-order chi connectivity index (χ1) is 10.4. The van der Waals surface area contributed by atoms with Crippen molar-refractivity contribution in [3.05, 3.63) is 46.1 Å². The number of carbonyl (C=O) groups is 1. The maximum atomic E-state index is 13.5. The Kier molecular flexibility index (Phi) is 4.76. The molecule has 9 heteroatoms. The largest absolute Gasteiger partial charge is 0.334 e. The number of halogens is 1. The zero-order valence-electron chi connectivity index (χ0n) is 11.9. The van der Waals surface area contributed by atoms with Crippen LogP contribution in [-0.4, -0.2) is 26.0 Å². The number of para-hydroxylation sites is 1.